The molecule has 0 heterocycles. The molecule has 1 N–H and O–H groups in total. The number of carbonyl (C=O) groups is 1. The van der Waals surface area contributed by atoms with Crippen molar-refractivity contribution >= 4 is 23.5 Å². The van der Waals surface area contributed by atoms with Crippen molar-refractivity contribution in [3.8, 4) is 0 Å². The summed E-state index contributed by atoms with van der Waals surface area (Å²) in [4.78, 5) is 15.2. The topological polar surface area (TPSA) is 41.5 Å². The molecule has 2 rings (SSSR count). The van der Waals surface area contributed by atoms with E-state index in [9.17, 15) is 4.79 Å². The van der Waals surface area contributed by atoms with E-state index in [1.165, 1.54) is 6.92 Å². The summed E-state index contributed by atoms with van der Waals surface area (Å²) in [5.41, 5.74) is 2.70. The van der Waals surface area contributed by atoms with Gasteiger partial charge in [-0.25, -0.2) is 0 Å². The van der Waals surface area contributed by atoms with Gasteiger partial charge in [-0.05, 0) is 29.8 Å². The van der Waals surface area contributed by atoms with E-state index in [-0.39, 0.29) is 5.91 Å². The van der Waals surface area contributed by atoms with Crippen LogP contribution in [0.4, 0.5) is 11.4 Å². The summed E-state index contributed by atoms with van der Waals surface area (Å²) >= 11 is 0. The molecule has 0 saturated heterocycles. The highest BCUT2D eigenvalue weighted by Crippen LogP contribution is 2.11. The first kappa shape index (κ1) is 12.0. The standard InChI is InChI=1S/C15H14N2O/c1-12(18)17-15-9-7-13(8-10-15)11-16-14-5-3-2-4-6-14/h2-11H,1H3,(H,17,18)/b16-11+. The lowest BCUT2D eigenvalue weighted by Crippen LogP contribution is -2.05. The molecule has 3 heteroatoms. The molecule has 0 bridgehead atoms. The van der Waals surface area contributed by atoms with Gasteiger partial charge in [0.25, 0.3) is 0 Å². The van der Waals surface area contributed by atoms with Crippen molar-refractivity contribution in [1.82, 2.24) is 0 Å². The predicted octanol–water partition coefficient (Wildman–Crippen LogP) is 3.40. The van der Waals surface area contributed by atoms with Gasteiger partial charge in [-0.3, -0.25) is 9.79 Å². The minimum absolute atomic E-state index is 0.0688. The maximum Gasteiger partial charge on any atom is 0.221 e. The van der Waals surface area contributed by atoms with Crippen LogP contribution in [0.25, 0.3) is 0 Å². The Morgan fingerprint density at radius 2 is 1.72 bits per heavy atom. The molecule has 0 aliphatic heterocycles. The molecule has 3 nitrogen and oxygen atoms in total. The third-order valence-corrected chi connectivity index (χ3v) is 2.35. The molecule has 2 aromatic carbocycles. The van der Waals surface area contributed by atoms with Crippen LogP contribution in [0.3, 0.4) is 0 Å². The zero-order chi connectivity index (χ0) is 12.8. The summed E-state index contributed by atoms with van der Waals surface area (Å²) < 4.78 is 0. The number of rotatable bonds is 3. The molecule has 90 valence electrons. The molecular weight excluding hydrogens is 224 g/mol. The first-order valence-electron chi connectivity index (χ1n) is 5.71. The van der Waals surface area contributed by atoms with E-state index in [0.29, 0.717) is 0 Å². The second kappa shape index (κ2) is 5.77. The Morgan fingerprint density at radius 3 is 2.33 bits per heavy atom. The zero-order valence-electron chi connectivity index (χ0n) is 10.1. The molecule has 0 saturated carbocycles. The van der Waals surface area contributed by atoms with Gasteiger partial charge in [-0.2, -0.15) is 0 Å². The van der Waals surface area contributed by atoms with Gasteiger partial charge >= 0.3 is 0 Å². The number of carbonyl (C=O) groups excluding carboxylic acids is 1. The first-order valence-corrected chi connectivity index (χ1v) is 5.71. The van der Waals surface area contributed by atoms with E-state index in [2.05, 4.69) is 10.3 Å². The average molecular weight is 238 g/mol. The van der Waals surface area contributed by atoms with Crippen LogP contribution >= 0.6 is 0 Å². The number of amides is 1. The Bertz CT molecular complexity index is 544. The Hall–Kier alpha value is -2.42. The Morgan fingerprint density at radius 1 is 1.06 bits per heavy atom. The average Bonchev–Trinajstić information content (AvgIpc) is 2.38. The molecule has 0 atom stereocenters. The quantitative estimate of drug-likeness (QED) is 0.818. The van der Waals surface area contributed by atoms with Crippen molar-refractivity contribution in [2.45, 2.75) is 6.92 Å². The molecular formula is C15H14N2O. The number of anilines is 1. The number of nitrogens with one attached hydrogen (secondary N) is 1. The number of nitrogens with zero attached hydrogens (tertiary/aromatic N) is 1. The van der Waals surface area contributed by atoms with Crippen molar-refractivity contribution in [2.24, 2.45) is 4.99 Å². The number of para-hydroxylation sites is 1. The van der Waals surface area contributed by atoms with Gasteiger partial charge < -0.3 is 5.32 Å². The zero-order valence-corrected chi connectivity index (χ0v) is 10.1. The van der Waals surface area contributed by atoms with Crippen molar-refractivity contribution < 1.29 is 4.79 Å². The highest BCUT2D eigenvalue weighted by molar-refractivity contribution is 5.89. The number of aliphatic imine (C=N–C) groups is 1. The van der Waals surface area contributed by atoms with Gasteiger partial charge in [-0.15, -0.1) is 0 Å². The van der Waals surface area contributed by atoms with Crippen LogP contribution in [0.15, 0.2) is 59.6 Å². The normalized spacial score (nSPS) is 10.5. The molecule has 0 fully saturated rings. The Balaban J connectivity index is 2.06. The van der Waals surface area contributed by atoms with Crippen LogP contribution in [0.5, 0.6) is 0 Å². The number of hydrogen-bond donors (Lipinski definition) is 1. The molecule has 0 unspecified atom stereocenters. The number of benzene rings is 2. The fourth-order valence-corrected chi connectivity index (χ4v) is 1.52. The molecule has 0 aliphatic rings. The van der Waals surface area contributed by atoms with Crippen LogP contribution in [-0.2, 0) is 4.79 Å². The molecule has 2 aromatic rings. The molecule has 18 heavy (non-hydrogen) atoms. The summed E-state index contributed by atoms with van der Waals surface area (Å²) in [7, 11) is 0. The smallest absolute Gasteiger partial charge is 0.221 e. The van der Waals surface area contributed by atoms with Gasteiger partial charge in [0.05, 0.1) is 5.69 Å². The molecule has 0 aromatic heterocycles. The fraction of sp³-hybridized carbons (Fsp3) is 0.0667. The van der Waals surface area contributed by atoms with Crippen LogP contribution in [0.2, 0.25) is 0 Å². The van der Waals surface area contributed by atoms with Crippen LogP contribution in [-0.4, -0.2) is 12.1 Å². The summed E-state index contributed by atoms with van der Waals surface area (Å²) in [6, 6.07) is 17.3. The second-order valence-electron chi connectivity index (χ2n) is 3.90. The van der Waals surface area contributed by atoms with Gasteiger partial charge in [-0.1, -0.05) is 30.3 Å². The maximum absolute atomic E-state index is 10.9. The van der Waals surface area contributed by atoms with E-state index in [1.54, 1.807) is 6.21 Å². The van der Waals surface area contributed by atoms with Crippen molar-refractivity contribution in [3.05, 3.63) is 60.2 Å². The summed E-state index contributed by atoms with van der Waals surface area (Å²) in [5.74, 6) is -0.0688. The van der Waals surface area contributed by atoms with Crippen molar-refractivity contribution in [3.63, 3.8) is 0 Å². The summed E-state index contributed by atoms with van der Waals surface area (Å²) in [5, 5.41) is 2.72. The lowest BCUT2D eigenvalue weighted by molar-refractivity contribution is -0.114. The van der Waals surface area contributed by atoms with Crippen LogP contribution in [0, 0.1) is 0 Å². The van der Waals surface area contributed by atoms with Crippen molar-refractivity contribution in [1.29, 1.82) is 0 Å². The lowest BCUT2D eigenvalue weighted by Gasteiger charge is -2.01. The fourth-order valence-electron chi connectivity index (χ4n) is 1.52. The number of hydrogen-bond acceptors (Lipinski definition) is 2. The van der Waals surface area contributed by atoms with Gasteiger partial charge in [0.15, 0.2) is 0 Å². The van der Waals surface area contributed by atoms with E-state index in [1.807, 2.05) is 54.6 Å². The van der Waals surface area contributed by atoms with Gasteiger partial charge in [0.2, 0.25) is 5.91 Å². The minimum Gasteiger partial charge on any atom is -0.326 e. The van der Waals surface area contributed by atoms with E-state index >= 15 is 0 Å². The Labute approximate surface area is 106 Å². The third-order valence-electron chi connectivity index (χ3n) is 2.35. The molecule has 0 spiro atoms. The second-order valence-corrected chi connectivity index (χ2v) is 3.90. The largest absolute Gasteiger partial charge is 0.326 e. The summed E-state index contributed by atoms with van der Waals surface area (Å²) in [6.07, 6.45) is 1.80. The Kier molecular flexibility index (Phi) is 3.86. The lowest BCUT2D eigenvalue weighted by atomic mass is 10.2. The third kappa shape index (κ3) is 3.56. The highest BCUT2D eigenvalue weighted by atomic mass is 16.1. The first-order chi connectivity index (χ1) is 8.74. The van der Waals surface area contributed by atoms with Crippen molar-refractivity contribution in [2.75, 3.05) is 5.32 Å². The monoisotopic (exact) mass is 238 g/mol. The minimum atomic E-state index is -0.0688. The molecule has 0 aliphatic carbocycles. The maximum atomic E-state index is 10.9. The van der Waals surface area contributed by atoms with E-state index in [4.69, 9.17) is 0 Å². The molecule has 1 amide bonds. The van der Waals surface area contributed by atoms with E-state index < -0.39 is 0 Å². The van der Waals surface area contributed by atoms with E-state index in [0.717, 1.165) is 16.9 Å². The van der Waals surface area contributed by atoms with Gasteiger partial charge in [0, 0.05) is 18.8 Å². The SMILES string of the molecule is CC(=O)Nc1ccc(/C=N/c2ccccc2)cc1. The van der Waals surface area contributed by atoms with Crippen LogP contribution in [0.1, 0.15) is 12.5 Å². The molecule has 0 radical (unpaired) electrons. The predicted molar refractivity (Wildman–Crippen MR) is 74.4 cm³/mol. The highest BCUT2D eigenvalue weighted by Gasteiger charge is 1.94. The summed E-state index contributed by atoms with van der Waals surface area (Å²) in [6.45, 7) is 1.49. The van der Waals surface area contributed by atoms with Gasteiger partial charge in [0.1, 0.15) is 0 Å². The van der Waals surface area contributed by atoms with Crippen LogP contribution < -0.4 is 5.32 Å².